The second-order valence-corrected chi connectivity index (χ2v) is 4.94. The minimum atomic E-state index is -0.274. The summed E-state index contributed by atoms with van der Waals surface area (Å²) in [6.45, 7) is 0. The van der Waals surface area contributed by atoms with Gasteiger partial charge in [-0.3, -0.25) is 10.2 Å². The summed E-state index contributed by atoms with van der Waals surface area (Å²) in [4.78, 5) is 11.1. The van der Waals surface area contributed by atoms with E-state index >= 15 is 0 Å². The Morgan fingerprint density at radius 2 is 2.06 bits per heavy atom. The average molecular weight is 241 g/mol. The highest BCUT2D eigenvalue weighted by molar-refractivity contribution is 5.81. The van der Waals surface area contributed by atoms with Gasteiger partial charge in [0.25, 0.3) is 0 Å². The van der Waals surface area contributed by atoms with Crippen molar-refractivity contribution in [2.24, 2.45) is 17.5 Å². The van der Waals surface area contributed by atoms with E-state index in [2.05, 4.69) is 5.32 Å². The Balaban J connectivity index is 2.59. The number of amides is 1. The number of nitrogens with two attached hydrogens (primary N) is 2. The largest absolute Gasteiger partial charge is 0.370 e. The van der Waals surface area contributed by atoms with Crippen molar-refractivity contribution in [2.75, 3.05) is 14.1 Å². The average Bonchev–Trinajstić information content (AvgIpc) is 2.28. The Hall–Kier alpha value is -1.14. The van der Waals surface area contributed by atoms with E-state index in [4.69, 9.17) is 17.0 Å². The summed E-state index contributed by atoms with van der Waals surface area (Å²) in [5, 5.41) is 12.4. The molecule has 1 amide bonds. The van der Waals surface area contributed by atoms with Crippen molar-refractivity contribution in [2.45, 2.75) is 37.6 Å². The first-order chi connectivity index (χ1) is 7.90. The minimum absolute atomic E-state index is 0.185. The second-order valence-electron chi connectivity index (χ2n) is 4.94. The van der Waals surface area contributed by atoms with Crippen molar-refractivity contribution < 1.29 is 4.79 Å². The van der Waals surface area contributed by atoms with Gasteiger partial charge in [0.2, 0.25) is 5.91 Å². The number of nitrogens with zero attached hydrogens (tertiary/aromatic N) is 1. The first-order valence-electron chi connectivity index (χ1n) is 5.94. The molecule has 6 N–H and O–H groups in total. The van der Waals surface area contributed by atoms with Crippen LogP contribution in [0.4, 0.5) is 0 Å². The van der Waals surface area contributed by atoms with Crippen molar-refractivity contribution in [1.82, 2.24) is 10.3 Å². The third-order valence-electron chi connectivity index (χ3n) is 3.75. The zero-order valence-corrected chi connectivity index (χ0v) is 10.6. The van der Waals surface area contributed by atoms with Crippen LogP contribution in [0.15, 0.2) is 0 Å². The van der Waals surface area contributed by atoms with Crippen LogP contribution in [0, 0.1) is 11.3 Å². The van der Waals surface area contributed by atoms with Crippen molar-refractivity contribution in [1.29, 1.82) is 5.41 Å². The SMILES string of the molecule is CN[C@]1(CC(N)=O)CC[C@H](C(=N)N(C)N)CC1. The third-order valence-corrected chi connectivity index (χ3v) is 3.75. The van der Waals surface area contributed by atoms with Crippen LogP contribution in [-0.4, -0.2) is 36.4 Å². The van der Waals surface area contributed by atoms with Gasteiger partial charge in [-0.2, -0.15) is 0 Å². The van der Waals surface area contributed by atoms with Crippen molar-refractivity contribution in [3.8, 4) is 0 Å². The first-order valence-corrected chi connectivity index (χ1v) is 5.94. The van der Waals surface area contributed by atoms with Crippen LogP contribution in [0.2, 0.25) is 0 Å². The molecular formula is C11H23N5O. The lowest BCUT2D eigenvalue weighted by molar-refractivity contribution is -0.119. The van der Waals surface area contributed by atoms with Crippen LogP contribution in [0.3, 0.4) is 0 Å². The molecule has 0 heterocycles. The molecule has 0 aromatic rings. The summed E-state index contributed by atoms with van der Waals surface area (Å²) < 4.78 is 0. The Labute approximate surface area is 102 Å². The van der Waals surface area contributed by atoms with Gasteiger partial charge in [0.1, 0.15) is 5.84 Å². The van der Waals surface area contributed by atoms with Crippen molar-refractivity contribution in [3.63, 3.8) is 0 Å². The number of hydrogen-bond donors (Lipinski definition) is 4. The highest BCUT2D eigenvalue weighted by atomic mass is 16.1. The molecule has 0 atom stereocenters. The summed E-state index contributed by atoms with van der Waals surface area (Å²) in [7, 11) is 3.55. The second kappa shape index (κ2) is 5.46. The molecule has 0 radical (unpaired) electrons. The molecule has 1 fully saturated rings. The fourth-order valence-electron chi connectivity index (χ4n) is 2.58. The summed E-state index contributed by atoms with van der Waals surface area (Å²) in [5.41, 5.74) is 5.09. The lowest BCUT2D eigenvalue weighted by Crippen LogP contribution is -2.50. The Bertz CT molecular complexity index is 294. The van der Waals surface area contributed by atoms with Gasteiger partial charge >= 0.3 is 0 Å². The minimum Gasteiger partial charge on any atom is -0.370 e. The van der Waals surface area contributed by atoms with Gasteiger partial charge in [-0.1, -0.05) is 0 Å². The van der Waals surface area contributed by atoms with E-state index in [0.717, 1.165) is 25.7 Å². The van der Waals surface area contributed by atoms with E-state index in [1.165, 1.54) is 5.01 Å². The fourth-order valence-corrected chi connectivity index (χ4v) is 2.58. The first kappa shape index (κ1) is 13.9. The molecule has 6 nitrogen and oxygen atoms in total. The summed E-state index contributed by atoms with van der Waals surface area (Å²) in [5.74, 6) is 5.95. The molecule has 0 unspecified atom stereocenters. The van der Waals surface area contributed by atoms with Crippen LogP contribution >= 0.6 is 0 Å². The number of amidine groups is 1. The summed E-state index contributed by atoms with van der Waals surface area (Å²) >= 11 is 0. The van der Waals surface area contributed by atoms with Crippen molar-refractivity contribution >= 4 is 11.7 Å². The van der Waals surface area contributed by atoms with Crippen LogP contribution in [0.25, 0.3) is 0 Å². The highest BCUT2D eigenvalue weighted by Crippen LogP contribution is 2.34. The van der Waals surface area contributed by atoms with E-state index in [1.807, 2.05) is 7.05 Å². The van der Waals surface area contributed by atoms with Crippen LogP contribution in [-0.2, 0) is 4.79 Å². The number of nitrogens with one attached hydrogen (secondary N) is 2. The van der Waals surface area contributed by atoms with Gasteiger partial charge in [0.05, 0.1) is 0 Å². The topological polar surface area (TPSA) is 108 Å². The summed E-state index contributed by atoms with van der Waals surface area (Å²) in [6, 6.07) is 0. The summed E-state index contributed by atoms with van der Waals surface area (Å²) in [6.07, 6.45) is 3.81. The Morgan fingerprint density at radius 1 is 1.53 bits per heavy atom. The predicted octanol–water partition coefficient (Wildman–Crippen LogP) is -0.207. The number of hydrogen-bond acceptors (Lipinski definition) is 4. The molecule has 0 spiro atoms. The van der Waals surface area contributed by atoms with Crippen LogP contribution < -0.4 is 16.9 Å². The molecule has 1 aliphatic carbocycles. The van der Waals surface area contributed by atoms with Gasteiger partial charge in [-0.05, 0) is 32.7 Å². The van der Waals surface area contributed by atoms with Gasteiger partial charge in [-0.15, -0.1) is 0 Å². The monoisotopic (exact) mass is 241 g/mol. The molecule has 0 aromatic heterocycles. The standard InChI is InChI=1S/C11H23N5O/c1-15-11(7-9(12)17)5-3-8(4-6-11)10(13)16(2)14/h8,13,15H,3-7,14H2,1-2H3,(H2,12,17)/t8-,11+. The van der Waals surface area contributed by atoms with Gasteiger partial charge in [-0.25, -0.2) is 5.84 Å². The maximum absolute atomic E-state index is 11.1. The molecule has 0 bridgehead atoms. The van der Waals surface area contributed by atoms with Gasteiger partial charge in [0, 0.05) is 24.9 Å². The van der Waals surface area contributed by atoms with Crippen LogP contribution in [0.1, 0.15) is 32.1 Å². The number of rotatable bonds is 4. The molecule has 6 heteroatoms. The van der Waals surface area contributed by atoms with E-state index in [0.29, 0.717) is 12.3 Å². The molecule has 1 rings (SSSR count). The molecule has 0 saturated heterocycles. The molecule has 1 saturated carbocycles. The molecule has 0 aliphatic heterocycles. The lowest BCUT2D eigenvalue weighted by atomic mass is 9.74. The molecular weight excluding hydrogens is 218 g/mol. The highest BCUT2D eigenvalue weighted by Gasteiger charge is 2.36. The lowest BCUT2D eigenvalue weighted by Gasteiger charge is -2.40. The number of hydrazine groups is 1. The van der Waals surface area contributed by atoms with E-state index in [9.17, 15) is 4.79 Å². The van der Waals surface area contributed by atoms with E-state index in [1.54, 1.807) is 7.05 Å². The smallest absolute Gasteiger partial charge is 0.219 e. The zero-order valence-electron chi connectivity index (χ0n) is 10.6. The molecule has 17 heavy (non-hydrogen) atoms. The quantitative estimate of drug-likeness (QED) is 0.236. The van der Waals surface area contributed by atoms with E-state index in [-0.39, 0.29) is 17.4 Å². The molecule has 98 valence electrons. The van der Waals surface area contributed by atoms with E-state index < -0.39 is 0 Å². The van der Waals surface area contributed by atoms with Crippen LogP contribution in [0.5, 0.6) is 0 Å². The van der Waals surface area contributed by atoms with Gasteiger partial charge in [0.15, 0.2) is 0 Å². The maximum Gasteiger partial charge on any atom is 0.219 e. The zero-order chi connectivity index (χ0) is 13.1. The maximum atomic E-state index is 11.1. The Kier molecular flexibility index (Phi) is 4.47. The fraction of sp³-hybridized carbons (Fsp3) is 0.818. The van der Waals surface area contributed by atoms with Crippen molar-refractivity contribution in [3.05, 3.63) is 0 Å². The number of carbonyl (C=O) groups is 1. The third kappa shape index (κ3) is 3.41. The number of carbonyl (C=O) groups excluding carboxylic acids is 1. The normalized spacial score (nSPS) is 28.8. The molecule has 0 aromatic carbocycles. The predicted molar refractivity (Wildman–Crippen MR) is 67.2 cm³/mol. The Morgan fingerprint density at radius 3 is 2.41 bits per heavy atom. The molecule has 1 aliphatic rings. The number of primary amides is 1. The van der Waals surface area contributed by atoms with Gasteiger partial charge < -0.3 is 16.1 Å².